The summed E-state index contributed by atoms with van der Waals surface area (Å²) in [6.07, 6.45) is 0. The van der Waals surface area contributed by atoms with Gasteiger partial charge in [-0.1, -0.05) is 0 Å². The fraction of sp³-hybridized carbons (Fsp3) is 0.364. The highest BCUT2D eigenvalue weighted by atomic mass is 32.2. The summed E-state index contributed by atoms with van der Waals surface area (Å²) in [7, 11) is -1.04. The van der Waals surface area contributed by atoms with Crippen molar-refractivity contribution >= 4 is 16.0 Å². The lowest BCUT2D eigenvalue weighted by molar-refractivity contribution is 0.0696. The normalized spacial score (nSPS) is 11.3. The van der Waals surface area contributed by atoms with Gasteiger partial charge in [-0.25, -0.2) is 17.9 Å². The van der Waals surface area contributed by atoms with Gasteiger partial charge < -0.3 is 14.6 Å². The number of rotatable bonds is 7. The van der Waals surface area contributed by atoms with Crippen molar-refractivity contribution in [2.45, 2.75) is 4.90 Å². The number of carboxylic acids is 1. The van der Waals surface area contributed by atoms with Gasteiger partial charge >= 0.3 is 5.97 Å². The fourth-order valence-electron chi connectivity index (χ4n) is 1.38. The van der Waals surface area contributed by atoms with Gasteiger partial charge in [0.25, 0.3) is 0 Å². The number of aromatic carboxylic acids is 1. The number of benzene rings is 1. The molecule has 1 rings (SSSR count). The molecule has 0 saturated heterocycles. The number of hydrogen-bond acceptors (Lipinski definition) is 5. The Labute approximate surface area is 111 Å². The number of methoxy groups -OCH3 is 2. The molecule has 0 amide bonds. The number of nitrogens with one attached hydrogen (secondary N) is 1. The van der Waals surface area contributed by atoms with Crippen LogP contribution in [0.1, 0.15) is 10.4 Å². The van der Waals surface area contributed by atoms with Gasteiger partial charge in [-0.05, 0) is 18.2 Å². The van der Waals surface area contributed by atoms with Crippen molar-refractivity contribution in [2.24, 2.45) is 0 Å². The number of carbonyl (C=O) groups is 1. The second-order valence-electron chi connectivity index (χ2n) is 3.56. The van der Waals surface area contributed by atoms with Gasteiger partial charge in [0.05, 0.1) is 19.3 Å². The molecule has 2 N–H and O–H groups in total. The van der Waals surface area contributed by atoms with Gasteiger partial charge in [0, 0.05) is 13.7 Å². The van der Waals surface area contributed by atoms with Crippen molar-refractivity contribution in [1.82, 2.24) is 4.72 Å². The van der Waals surface area contributed by atoms with Crippen LogP contribution < -0.4 is 9.46 Å². The van der Waals surface area contributed by atoms with E-state index in [4.69, 9.17) is 14.6 Å². The zero-order chi connectivity index (χ0) is 14.5. The van der Waals surface area contributed by atoms with Crippen LogP contribution in [0.2, 0.25) is 0 Å². The average Bonchev–Trinajstić information content (AvgIpc) is 2.38. The van der Waals surface area contributed by atoms with Crippen molar-refractivity contribution in [2.75, 3.05) is 27.4 Å². The molecule has 0 radical (unpaired) electrons. The van der Waals surface area contributed by atoms with E-state index in [1.807, 2.05) is 0 Å². The van der Waals surface area contributed by atoms with Gasteiger partial charge in [0.1, 0.15) is 10.6 Å². The number of hydrogen-bond donors (Lipinski definition) is 2. The Hall–Kier alpha value is -1.64. The number of carboxylic acid groups (broad SMARTS) is 1. The van der Waals surface area contributed by atoms with E-state index in [0.717, 1.165) is 6.07 Å². The van der Waals surface area contributed by atoms with E-state index in [9.17, 15) is 13.2 Å². The van der Waals surface area contributed by atoms with Crippen molar-refractivity contribution in [3.8, 4) is 5.75 Å². The molecule has 0 aromatic heterocycles. The minimum Gasteiger partial charge on any atom is -0.495 e. The SMILES string of the molecule is COCCNS(=O)(=O)c1ccc(C(=O)O)cc1OC. The summed E-state index contributed by atoms with van der Waals surface area (Å²) >= 11 is 0. The largest absolute Gasteiger partial charge is 0.495 e. The van der Waals surface area contributed by atoms with Crippen molar-refractivity contribution in [3.63, 3.8) is 0 Å². The molecule has 19 heavy (non-hydrogen) atoms. The third-order valence-electron chi connectivity index (χ3n) is 2.30. The molecule has 0 aliphatic rings. The highest BCUT2D eigenvalue weighted by Crippen LogP contribution is 2.24. The van der Waals surface area contributed by atoms with Crippen LogP contribution in [0.3, 0.4) is 0 Å². The lowest BCUT2D eigenvalue weighted by atomic mass is 10.2. The molecule has 0 fully saturated rings. The van der Waals surface area contributed by atoms with Gasteiger partial charge in [0.15, 0.2) is 0 Å². The molecule has 106 valence electrons. The molecular weight excluding hydrogens is 274 g/mol. The molecule has 0 spiro atoms. The first kappa shape index (κ1) is 15.4. The Kier molecular flexibility index (Phi) is 5.28. The van der Waals surface area contributed by atoms with E-state index in [-0.39, 0.29) is 29.4 Å². The summed E-state index contributed by atoms with van der Waals surface area (Å²) in [6, 6.07) is 3.56. The quantitative estimate of drug-likeness (QED) is 0.701. The molecule has 1 aromatic rings. The molecule has 0 saturated carbocycles. The molecule has 0 bridgehead atoms. The molecule has 0 aliphatic heterocycles. The van der Waals surface area contributed by atoms with Gasteiger partial charge in [-0.15, -0.1) is 0 Å². The van der Waals surface area contributed by atoms with E-state index in [1.165, 1.54) is 26.4 Å². The zero-order valence-corrected chi connectivity index (χ0v) is 11.4. The monoisotopic (exact) mass is 289 g/mol. The van der Waals surface area contributed by atoms with Crippen LogP contribution in [0.5, 0.6) is 5.75 Å². The summed E-state index contributed by atoms with van der Waals surface area (Å²) in [5, 5.41) is 8.83. The third kappa shape index (κ3) is 3.91. The molecule has 1 aromatic carbocycles. The van der Waals surface area contributed by atoms with E-state index >= 15 is 0 Å². The summed E-state index contributed by atoms with van der Waals surface area (Å²) in [5.41, 5.74) is -0.0484. The molecular formula is C11H15NO6S. The Morgan fingerprint density at radius 3 is 2.58 bits per heavy atom. The van der Waals surface area contributed by atoms with Gasteiger partial charge in [0.2, 0.25) is 10.0 Å². The van der Waals surface area contributed by atoms with E-state index in [2.05, 4.69) is 4.72 Å². The third-order valence-corrected chi connectivity index (χ3v) is 3.80. The lowest BCUT2D eigenvalue weighted by Crippen LogP contribution is -2.27. The van der Waals surface area contributed by atoms with Crippen molar-refractivity contribution < 1.29 is 27.8 Å². The first-order valence-electron chi connectivity index (χ1n) is 5.32. The molecule has 0 aliphatic carbocycles. The van der Waals surface area contributed by atoms with Crippen LogP contribution in [0.15, 0.2) is 23.1 Å². The highest BCUT2D eigenvalue weighted by Gasteiger charge is 2.20. The average molecular weight is 289 g/mol. The molecule has 8 heteroatoms. The molecule has 0 atom stereocenters. The van der Waals surface area contributed by atoms with E-state index < -0.39 is 16.0 Å². The molecule has 0 unspecified atom stereocenters. The first-order chi connectivity index (χ1) is 8.92. The topological polar surface area (TPSA) is 102 Å². The summed E-state index contributed by atoms with van der Waals surface area (Å²) < 4.78 is 35.9. The Bertz CT molecular complexity index is 554. The number of ether oxygens (including phenoxy) is 2. The van der Waals surface area contributed by atoms with Gasteiger partial charge in [-0.3, -0.25) is 0 Å². The minimum atomic E-state index is -3.77. The zero-order valence-electron chi connectivity index (χ0n) is 10.5. The van der Waals surface area contributed by atoms with Crippen LogP contribution >= 0.6 is 0 Å². The second kappa shape index (κ2) is 6.50. The Morgan fingerprint density at radius 1 is 1.37 bits per heavy atom. The maximum Gasteiger partial charge on any atom is 0.335 e. The smallest absolute Gasteiger partial charge is 0.335 e. The lowest BCUT2D eigenvalue weighted by Gasteiger charge is -2.11. The van der Waals surface area contributed by atoms with Crippen LogP contribution in [-0.2, 0) is 14.8 Å². The summed E-state index contributed by atoms with van der Waals surface area (Å²) in [5.74, 6) is -1.18. The fourth-order valence-corrected chi connectivity index (χ4v) is 2.54. The maximum atomic E-state index is 12.0. The van der Waals surface area contributed by atoms with Crippen LogP contribution in [-0.4, -0.2) is 46.9 Å². The van der Waals surface area contributed by atoms with Crippen molar-refractivity contribution in [1.29, 1.82) is 0 Å². The first-order valence-corrected chi connectivity index (χ1v) is 6.80. The van der Waals surface area contributed by atoms with Crippen molar-refractivity contribution in [3.05, 3.63) is 23.8 Å². The van der Waals surface area contributed by atoms with E-state index in [1.54, 1.807) is 0 Å². The maximum absolute atomic E-state index is 12.0. The predicted octanol–water partition coefficient (Wildman–Crippen LogP) is 0.318. The van der Waals surface area contributed by atoms with Crippen LogP contribution in [0, 0.1) is 0 Å². The Morgan fingerprint density at radius 2 is 2.05 bits per heavy atom. The summed E-state index contributed by atoms with van der Waals surface area (Å²) in [6.45, 7) is 0.345. The minimum absolute atomic E-state index is 0.0233. The number of sulfonamides is 1. The Balaban J connectivity index is 3.09. The standard InChI is InChI=1S/C11H15NO6S/c1-17-6-5-12-19(15,16)10-4-3-8(11(13)14)7-9(10)18-2/h3-4,7,12H,5-6H2,1-2H3,(H,13,14). The van der Waals surface area contributed by atoms with Crippen LogP contribution in [0.4, 0.5) is 0 Å². The summed E-state index contributed by atoms with van der Waals surface area (Å²) in [4.78, 5) is 10.7. The molecule has 0 heterocycles. The molecule has 7 nitrogen and oxygen atoms in total. The van der Waals surface area contributed by atoms with Crippen LogP contribution in [0.25, 0.3) is 0 Å². The predicted molar refractivity (Wildman–Crippen MR) is 67.0 cm³/mol. The van der Waals surface area contributed by atoms with Gasteiger partial charge in [-0.2, -0.15) is 0 Å². The van der Waals surface area contributed by atoms with E-state index in [0.29, 0.717) is 0 Å². The highest BCUT2D eigenvalue weighted by molar-refractivity contribution is 7.89. The second-order valence-corrected chi connectivity index (χ2v) is 5.30.